The zero-order valence-electron chi connectivity index (χ0n) is 12.1. The molecule has 2 aromatic carbocycles. The Morgan fingerprint density at radius 3 is 2.67 bits per heavy atom. The molecule has 0 aliphatic heterocycles. The first-order valence-corrected chi connectivity index (χ1v) is 8.35. The van der Waals surface area contributed by atoms with E-state index < -0.39 is 0 Å². The van der Waals surface area contributed by atoms with Crippen molar-refractivity contribution in [3.63, 3.8) is 0 Å². The molecule has 2 nitrogen and oxygen atoms in total. The second-order valence-corrected chi connectivity index (χ2v) is 6.25. The predicted molar refractivity (Wildman–Crippen MR) is 91.2 cm³/mol. The van der Waals surface area contributed by atoms with Crippen LogP contribution < -0.4 is 10.1 Å². The van der Waals surface area contributed by atoms with Crippen LogP contribution in [0, 0.1) is 0 Å². The lowest BCUT2D eigenvalue weighted by Crippen LogP contribution is -2.12. The van der Waals surface area contributed by atoms with E-state index in [1.54, 1.807) is 0 Å². The van der Waals surface area contributed by atoms with Gasteiger partial charge in [-0.05, 0) is 77.0 Å². The number of rotatable bonds is 5. The minimum atomic E-state index is 0.667. The molecule has 0 aromatic heterocycles. The fourth-order valence-electron chi connectivity index (χ4n) is 2.76. The van der Waals surface area contributed by atoms with Crippen LogP contribution in [-0.2, 0) is 12.8 Å². The molecule has 0 heterocycles. The number of nitrogens with one attached hydrogen (secondary N) is 1. The van der Waals surface area contributed by atoms with Gasteiger partial charge in [0.05, 0.1) is 0 Å². The monoisotopic (exact) mass is 345 g/mol. The van der Waals surface area contributed by atoms with E-state index >= 15 is 0 Å². The van der Waals surface area contributed by atoms with E-state index in [9.17, 15) is 0 Å². The number of benzene rings is 2. The Morgan fingerprint density at radius 2 is 1.81 bits per heavy atom. The fraction of sp³-hybridized carbons (Fsp3) is 0.333. The van der Waals surface area contributed by atoms with Crippen LogP contribution in [0.3, 0.4) is 0 Å². The van der Waals surface area contributed by atoms with Gasteiger partial charge in [0.15, 0.2) is 0 Å². The van der Waals surface area contributed by atoms with Crippen molar-refractivity contribution in [3.8, 4) is 5.75 Å². The SMILES string of the molecule is Brc1ccccc1NCCOc1ccc2c(c1)CCCC2. The lowest BCUT2D eigenvalue weighted by atomic mass is 9.92. The van der Waals surface area contributed by atoms with Crippen molar-refractivity contribution in [1.29, 1.82) is 0 Å². The van der Waals surface area contributed by atoms with Crippen LogP contribution in [0.5, 0.6) is 5.75 Å². The highest BCUT2D eigenvalue weighted by atomic mass is 79.9. The van der Waals surface area contributed by atoms with Gasteiger partial charge in [-0.25, -0.2) is 0 Å². The summed E-state index contributed by atoms with van der Waals surface area (Å²) in [4.78, 5) is 0. The summed E-state index contributed by atoms with van der Waals surface area (Å²) in [5, 5.41) is 3.37. The third kappa shape index (κ3) is 3.79. The lowest BCUT2D eigenvalue weighted by Gasteiger charge is -2.17. The van der Waals surface area contributed by atoms with Gasteiger partial charge in [-0.1, -0.05) is 18.2 Å². The molecular formula is C18H20BrNO. The Labute approximate surface area is 134 Å². The molecule has 0 radical (unpaired) electrons. The van der Waals surface area contributed by atoms with E-state index in [1.165, 1.54) is 36.8 Å². The maximum absolute atomic E-state index is 5.86. The van der Waals surface area contributed by atoms with Gasteiger partial charge in [0.25, 0.3) is 0 Å². The molecule has 0 saturated heterocycles. The number of hydrogen-bond acceptors (Lipinski definition) is 2. The minimum absolute atomic E-state index is 0.667. The molecular weight excluding hydrogens is 326 g/mol. The highest BCUT2D eigenvalue weighted by molar-refractivity contribution is 9.10. The normalized spacial score (nSPS) is 13.6. The lowest BCUT2D eigenvalue weighted by molar-refractivity contribution is 0.332. The van der Waals surface area contributed by atoms with Crippen molar-refractivity contribution in [2.45, 2.75) is 25.7 Å². The van der Waals surface area contributed by atoms with Crippen molar-refractivity contribution >= 4 is 21.6 Å². The smallest absolute Gasteiger partial charge is 0.119 e. The van der Waals surface area contributed by atoms with Crippen LogP contribution in [0.1, 0.15) is 24.0 Å². The van der Waals surface area contributed by atoms with Crippen molar-refractivity contribution < 1.29 is 4.74 Å². The van der Waals surface area contributed by atoms with Crippen molar-refractivity contribution in [2.24, 2.45) is 0 Å². The molecule has 3 rings (SSSR count). The zero-order chi connectivity index (χ0) is 14.5. The molecule has 0 bridgehead atoms. The third-order valence-corrected chi connectivity index (χ3v) is 4.57. The van der Waals surface area contributed by atoms with Gasteiger partial charge in [0.1, 0.15) is 12.4 Å². The summed E-state index contributed by atoms with van der Waals surface area (Å²) in [7, 11) is 0. The Morgan fingerprint density at radius 1 is 1.00 bits per heavy atom. The molecule has 0 saturated carbocycles. The molecule has 0 amide bonds. The van der Waals surface area contributed by atoms with Crippen LogP contribution >= 0.6 is 15.9 Å². The number of halogens is 1. The molecule has 1 N–H and O–H groups in total. The highest BCUT2D eigenvalue weighted by Crippen LogP contribution is 2.25. The first-order chi connectivity index (χ1) is 10.3. The molecule has 2 aromatic rings. The van der Waals surface area contributed by atoms with Crippen LogP contribution in [-0.4, -0.2) is 13.2 Å². The van der Waals surface area contributed by atoms with Crippen LogP contribution in [0.15, 0.2) is 46.9 Å². The summed E-state index contributed by atoms with van der Waals surface area (Å²) in [6.07, 6.45) is 5.05. The average Bonchev–Trinajstić information content (AvgIpc) is 2.53. The van der Waals surface area contributed by atoms with E-state index in [4.69, 9.17) is 4.74 Å². The molecule has 3 heteroatoms. The maximum Gasteiger partial charge on any atom is 0.119 e. The van der Waals surface area contributed by atoms with Crippen molar-refractivity contribution in [2.75, 3.05) is 18.5 Å². The van der Waals surface area contributed by atoms with Crippen molar-refractivity contribution in [1.82, 2.24) is 0 Å². The Hall–Kier alpha value is -1.48. The number of fused-ring (bicyclic) bond motifs is 1. The first kappa shape index (κ1) is 14.5. The van der Waals surface area contributed by atoms with E-state index in [0.29, 0.717) is 6.61 Å². The largest absolute Gasteiger partial charge is 0.492 e. The van der Waals surface area contributed by atoms with Gasteiger partial charge >= 0.3 is 0 Å². The fourth-order valence-corrected chi connectivity index (χ4v) is 3.18. The van der Waals surface area contributed by atoms with E-state index in [2.05, 4.69) is 45.5 Å². The summed E-state index contributed by atoms with van der Waals surface area (Å²) in [5.74, 6) is 0.990. The van der Waals surface area contributed by atoms with E-state index in [1.807, 2.05) is 18.2 Å². The van der Waals surface area contributed by atoms with Crippen LogP contribution in [0.2, 0.25) is 0 Å². The predicted octanol–water partition coefficient (Wildman–Crippen LogP) is 4.82. The van der Waals surface area contributed by atoms with Gasteiger partial charge in [-0.15, -0.1) is 0 Å². The highest BCUT2D eigenvalue weighted by Gasteiger charge is 2.09. The maximum atomic E-state index is 5.86. The van der Waals surface area contributed by atoms with E-state index in [0.717, 1.165) is 22.5 Å². The Kier molecular flexibility index (Phi) is 4.81. The summed E-state index contributed by atoms with van der Waals surface area (Å²) < 4.78 is 6.94. The van der Waals surface area contributed by atoms with Crippen LogP contribution in [0.4, 0.5) is 5.69 Å². The molecule has 1 aliphatic rings. The van der Waals surface area contributed by atoms with Crippen LogP contribution in [0.25, 0.3) is 0 Å². The summed E-state index contributed by atoms with van der Waals surface area (Å²) >= 11 is 3.53. The standard InChI is InChI=1S/C18H20BrNO/c19-17-7-3-4-8-18(17)20-11-12-21-16-10-9-14-5-1-2-6-15(14)13-16/h3-4,7-10,13,20H,1-2,5-6,11-12H2. The van der Waals surface area contributed by atoms with Gasteiger partial charge < -0.3 is 10.1 Å². The Balaban J connectivity index is 1.50. The number of anilines is 1. The molecule has 110 valence electrons. The molecule has 0 fully saturated rings. The second kappa shape index (κ2) is 6.99. The second-order valence-electron chi connectivity index (χ2n) is 5.39. The average molecular weight is 346 g/mol. The van der Waals surface area contributed by atoms with Gasteiger partial charge in [0.2, 0.25) is 0 Å². The number of hydrogen-bond donors (Lipinski definition) is 1. The number of aryl methyl sites for hydroxylation is 2. The Bertz CT molecular complexity index is 612. The quantitative estimate of drug-likeness (QED) is 0.784. The number of ether oxygens (including phenoxy) is 1. The van der Waals surface area contributed by atoms with Crippen molar-refractivity contribution in [3.05, 3.63) is 58.1 Å². The third-order valence-electron chi connectivity index (χ3n) is 3.88. The van der Waals surface area contributed by atoms with Gasteiger partial charge in [0, 0.05) is 16.7 Å². The zero-order valence-corrected chi connectivity index (χ0v) is 13.7. The summed E-state index contributed by atoms with van der Waals surface area (Å²) in [6.45, 7) is 1.46. The van der Waals surface area contributed by atoms with E-state index in [-0.39, 0.29) is 0 Å². The summed E-state index contributed by atoms with van der Waals surface area (Å²) in [6, 6.07) is 14.7. The summed E-state index contributed by atoms with van der Waals surface area (Å²) in [5.41, 5.74) is 4.07. The molecule has 1 aliphatic carbocycles. The van der Waals surface area contributed by atoms with Gasteiger partial charge in [-0.2, -0.15) is 0 Å². The molecule has 0 atom stereocenters. The topological polar surface area (TPSA) is 21.3 Å². The first-order valence-electron chi connectivity index (χ1n) is 7.56. The molecule has 0 unspecified atom stereocenters. The number of para-hydroxylation sites is 1. The minimum Gasteiger partial charge on any atom is -0.492 e. The molecule has 21 heavy (non-hydrogen) atoms. The molecule has 0 spiro atoms. The van der Waals surface area contributed by atoms with Gasteiger partial charge in [-0.3, -0.25) is 0 Å².